The highest BCUT2D eigenvalue weighted by Gasteiger charge is 2.32. The Morgan fingerprint density at radius 3 is 2.27 bits per heavy atom. The molecule has 0 saturated carbocycles. The molecule has 5 atom stereocenters. The number of benzene rings is 1. The minimum atomic E-state index is -1.24. The summed E-state index contributed by atoms with van der Waals surface area (Å²) in [6, 6.07) is 3.00. The van der Waals surface area contributed by atoms with Crippen LogP contribution in [-0.4, -0.2) is 81.0 Å². The highest BCUT2D eigenvalue weighted by atomic mass is 32.2. The van der Waals surface area contributed by atoms with Crippen LogP contribution in [-0.2, 0) is 30.4 Å². The average molecular weight is 578 g/mol. The number of hydrogen-bond donors (Lipinski definition) is 7. The lowest BCUT2D eigenvalue weighted by Gasteiger charge is -2.28. The number of rotatable bonds is 17. The standard InChI is InChI=1S/C27H39N5O7S/c1-4-15(2)23(32-24(35)18(28)9-10-22(33)34)26(37)30-20(11-12-40-3)25(36)31-21(27(38)39)13-16-14-29-19-8-6-5-7-17(16)19/h5-8,14-15,18,20-21,23,29H,4,9-13,28H2,1-3H3,(H,30,37)(H,31,36)(H,32,35)(H,33,34)(H,38,39). The fourth-order valence-electron chi connectivity index (χ4n) is 4.13. The number of carboxylic acid groups (broad SMARTS) is 2. The Bertz CT molecular complexity index is 1190. The summed E-state index contributed by atoms with van der Waals surface area (Å²) in [6.07, 6.45) is 3.95. The molecule has 0 bridgehead atoms. The van der Waals surface area contributed by atoms with Gasteiger partial charge in [-0.1, -0.05) is 38.5 Å². The number of carboxylic acids is 2. The number of nitrogens with two attached hydrogens (primary N) is 1. The molecule has 1 aromatic carbocycles. The fraction of sp³-hybridized carbons (Fsp3) is 0.519. The van der Waals surface area contributed by atoms with Crippen molar-refractivity contribution in [3.63, 3.8) is 0 Å². The third-order valence-corrected chi connectivity index (χ3v) is 7.40. The van der Waals surface area contributed by atoms with E-state index >= 15 is 0 Å². The van der Waals surface area contributed by atoms with Crippen LogP contribution in [0.15, 0.2) is 30.5 Å². The van der Waals surface area contributed by atoms with Crippen molar-refractivity contribution in [1.29, 1.82) is 0 Å². The molecule has 0 aliphatic rings. The summed E-state index contributed by atoms with van der Waals surface area (Å²) >= 11 is 1.46. The minimum Gasteiger partial charge on any atom is -0.481 e. The third kappa shape index (κ3) is 9.56. The zero-order valence-corrected chi connectivity index (χ0v) is 23.8. The van der Waals surface area contributed by atoms with Gasteiger partial charge in [-0.15, -0.1) is 0 Å². The topological polar surface area (TPSA) is 204 Å². The SMILES string of the molecule is CCC(C)C(NC(=O)C(N)CCC(=O)O)C(=O)NC(CCSC)C(=O)NC(Cc1c[nH]c2ccccc12)C(=O)O. The largest absolute Gasteiger partial charge is 0.481 e. The maximum atomic E-state index is 13.3. The van der Waals surface area contributed by atoms with Gasteiger partial charge in [-0.2, -0.15) is 11.8 Å². The number of amides is 3. The predicted molar refractivity (Wildman–Crippen MR) is 153 cm³/mol. The van der Waals surface area contributed by atoms with Gasteiger partial charge in [-0.25, -0.2) is 4.79 Å². The summed E-state index contributed by atoms with van der Waals surface area (Å²) in [4.78, 5) is 65.1. The van der Waals surface area contributed by atoms with E-state index in [2.05, 4.69) is 20.9 Å². The van der Waals surface area contributed by atoms with Crippen molar-refractivity contribution in [2.24, 2.45) is 11.7 Å². The fourth-order valence-corrected chi connectivity index (χ4v) is 4.60. The van der Waals surface area contributed by atoms with Gasteiger partial charge in [-0.05, 0) is 42.4 Å². The van der Waals surface area contributed by atoms with Gasteiger partial charge in [0, 0.05) is 29.9 Å². The van der Waals surface area contributed by atoms with E-state index in [4.69, 9.17) is 10.8 Å². The molecule has 0 aliphatic carbocycles. The molecule has 0 radical (unpaired) electrons. The van der Waals surface area contributed by atoms with Crippen LogP contribution in [0.3, 0.4) is 0 Å². The summed E-state index contributed by atoms with van der Waals surface area (Å²) < 4.78 is 0. The molecular weight excluding hydrogens is 538 g/mol. The van der Waals surface area contributed by atoms with Gasteiger partial charge in [0.05, 0.1) is 6.04 Å². The summed E-state index contributed by atoms with van der Waals surface area (Å²) in [5.41, 5.74) is 7.39. The first-order chi connectivity index (χ1) is 19.0. The van der Waals surface area contributed by atoms with Crippen LogP contribution >= 0.6 is 11.8 Å². The number of aromatic amines is 1. The zero-order valence-electron chi connectivity index (χ0n) is 22.9. The van der Waals surface area contributed by atoms with Crippen molar-refractivity contribution in [1.82, 2.24) is 20.9 Å². The quantitative estimate of drug-likeness (QED) is 0.144. The Morgan fingerprint density at radius 2 is 1.65 bits per heavy atom. The smallest absolute Gasteiger partial charge is 0.326 e. The lowest BCUT2D eigenvalue weighted by Crippen LogP contribution is -2.58. The first-order valence-electron chi connectivity index (χ1n) is 13.1. The highest BCUT2D eigenvalue weighted by molar-refractivity contribution is 7.98. The Balaban J connectivity index is 2.16. The molecular formula is C27H39N5O7S. The number of carbonyl (C=O) groups excluding carboxylic acids is 3. The molecule has 220 valence electrons. The number of para-hydroxylation sites is 1. The zero-order chi connectivity index (χ0) is 29.8. The first kappa shape index (κ1) is 32.6. The summed E-state index contributed by atoms with van der Waals surface area (Å²) in [5, 5.41) is 27.4. The van der Waals surface area contributed by atoms with Crippen molar-refractivity contribution in [3.8, 4) is 0 Å². The molecule has 0 saturated heterocycles. The Hall–Kier alpha value is -3.58. The van der Waals surface area contributed by atoms with Gasteiger partial charge >= 0.3 is 11.9 Å². The molecule has 40 heavy (non-hydrogen) atoms. The second kappa shape index (κ2) is 15.9. The molecule has 12 nitrogen and oxygen atoms in total. The number of thioether (sulfide) groups is 1. The van der Waals surface area contributed by atoms with Crippen LogP contribution in [0.1, 0.15) is 45.1 Å². The molecule has 2 rings (SSSR count). The minimum absolute atomic E-state index is 0.0358. The summed E-state index contributed by atoms with van der Waals surface area (Å²) in [5.74, 6) is -4.05. The van der Waals surface area contributed by atoms with E-state index in [0.29, 0.717) is 12.2 Å². The Labute approximate surface area is 237 Å². The van der Waals surface area contributed by atoms with Gasteiger partial charge in [0.25, 0.3) is 0 Å². The van der Waals surface area contributed by atoms with Crippen LogP contribution in [0.5, 0.6) is 0 Å². The van der Waals surface area contributed by atoms with Crippen LogP contribution in [0.2, 0.25) is 0 Å². The molecule has 0 aliphatic heterocycles. The van der Waals surface area contributed by atoms with E-state index in [0.717, 1.165) is 16.5 Å². The van der Waals surface area contributed by atoms with Gasteiger partial charge in [0.2, 0.25) is 17.7 Å². The third-order valence-electron chi connectivity index (χ3n) is 6.76. The molecule has 5 unspecified atom stereocenters. The predicted octanol–water partition coefficient (Wildman–Crippen LogP) is 1.24. The molecule has 2 aromatic rings. The monoisotopic (exact) mass is 577 g/mol. The molecule has 8 N–H and O–H groups in total. The van der Waals surface area contributed by atoms with E-state index in [1.54, 1.807) is 13.1 Å². The number of aromatic nitrogens is 1. The van der Waals surface area contributed by atoms with E-state index < -0.39 is 53.8 Å². The van der Waals surface area contributed by atoms with Crippen molar-refractivity contribution in [2.45, 2.75) is 70.1 Å². The number of carbonyl (C=O) groups is 5. The Kier molecular flexibility index (Phi) is 12.9. The number of aliphatic carboxylic acids is 2. The van der Waals surface area contributed by atoms with Gasteiger partial charge in [0.15, 0.2) is 0 Å². The van der Waals surface area contributed by atoms with Gasteiger partial charge in [0.1, 0.15) is 18.1 Å². The van der Waals surface area contributed by atoms with Crippen molar-refractivity contribution >= 4 is 52.3 Å². The van der Waals surface area contributed by atoms with Crippen molar-refractivity contribution in [3.05, 3.63) is 36.0 Å². The van der Waals surface area contributed by atoms with E-state index in [1.807, 2.05) is 37.4 Å². The number of hydrogen-bond acceptors (Lipinski definition) is 7. The van der Waals surface area contributed by atoms with Crippen LogP contribution < -0.4 is 21.7 Å². The van der Waals surface area contributed by atoms with Gasteiger partial charge < -0.3 is 36.9 Å². The normalized spacial score (nSPS) is 14.9. The van der Waals surface area contributed by atoms with Crippen LogP contribution in [0, 0.1) is 5.92 Å². The van der Waals surface area contributed by atoms with Gasteiger partial charge in [-0.3, -0.25) is 19.2 Å². The molecule has 3 amide bonds. The lowest BCUT2D eigenvalue weighted by atomic mass is 9.97. The molecule has 1 aromatic heterocycles. The van der Waals surface area contributed by atoms with E-state index in [-0.39, 0.29) is 31.6 Å². The maximum Gasteiger partial charge on any atom is 0.326 e. The van der Waals surface area contributed by atoms with E-state index in [9.17, 15) is 29.1 Å². The molecule has 0 fully saturated rings. The Morgan fingerprint density at radius 1 is 0.975 bits per heavy atom. The second-order valence-corrected chi connectivity index (χ2v) is 10.7. The molecule has 13 heteroatoms. The molecule has 1 heterocycles. The van der Waals surface area contributed by atoms with Crippen LogP contribution in [0.25, 0.3) is 10.9 Å². The molecule has 0 spiro atoms. The summed E-state index contributed by atoms with van der Waals surface area (Å²) in [6.45, 7) is 3.59. The number of nitrogens with one attached hydrogen (secondary N) is 4. The number of fused-ring (bicyclic) bond motifs is 1. The van der Waals surface area contributed by atoms with Crippen molar-refractivity contribution in [2.75, 3.05) is 12.0 Å². The lowest BCUT2D eigenvalue weighted by molar-refractivity contribution is -0.142. The maximum absolute atomic E-state index is 13.3. The summed E-state index contributed by atoms with van der Waals surface area (Å²) in [7, 11) is 0. The number of H-pyrrole nitrogens is 1. The first-order valence-corrected chi connectivity index (χ1v) is 14.5. The highest BCUT2D eigenvalue weighted by Crippen LogP contribution is 2.19. The van der Waals surface area contributed by atoms with E-state index in [1.165, 1.54) is 11.8 Å². The average Bonchev–Trinajstić information content (AvgIpc) is 3.33. The second-order valence-electron chi connectivity index (χ2n) is 9.72. The van der Waals surface area contributed by atoms with Crippen molar-refractivity contribution < 1.29 is 34.2 Å². The van der Waals surface area contributed by atoms with Crippen LogP contribution in [0.4, 0.5) is 0 Å².